The van der Waals surface area contributed by atoms with Gasteiger partial charge in [0, 0.05) is 23.7 Å². The number of hydrogen-bond donors (Lipinski definition) is 1. The Bertz CT molecular complexity index is 647. The van der Waals surface area contributed by atoms with Crippen LogP contribution in [0.3, 0.4) is 0 Å². The average Bonchev–Trinajstić information content (AvgIpc) is 3.31. The minimum absolute atomic E-state index is 0.0265. The lowest BCUT2D eigenvalue weighted by Gasteiger charge is -2.26. The number of sulfonamides is 1. The maximum absolute atomic E-state index is 12.6. The molecule has 1 aromatic carbocycles. The standard InChI is InChI=1S/C17H26N2O3S/c1-5-13(4)18-23(21,22)16-10-6-14(7-11-16)17(20)19(12(2)3)15-8-9-15/h6-7,10-13,15,18H,5,8-9H2,1-4H3. The van der Waals surface area contributed by atoms with Crippen LogP contribution in [0.2, 0.25) is 0 Å². The number of rotatable bonds is 7. The first-order valence-electron chi connectivity index (χ1n) is 8.21. The molecule has 6 heteroatoms. The average molecular weight is 338 g/mol. The molecule has 0 aliphatic heterocycles. The lowest BCUT2D eigenvalue weighted by Crippen LogP contribution is -2.38. The Kier molecular flexibility index (Phi) is 5.47. The molecule has 1 saturated carbocycles. The Balaban J connectivity index is 2.17. The lowest BCUT2D eigenvalue weighted by molar-refractivity contribution is 0.0690. The van der Waals surface area contributed by atoms with Crippen LogP contribution < -0.4 is 4.72 Å². The van der Waals surface area contributed by atoms with Crippen LogP contribution in [0.4, 0.5) is 0 Å². The smallest absolute Gasteiger partial charge is 0.254 e. The molecule has 0 aromatic heterocycles. The van der Waals surface area contributed by atoms with Crippen LogP contribution in [0.1, 0.15) is 57.3 Å². The Morgan fingerprint density at radius 1 is 1.22 bits per heavy atom. The highest BCUT2D eigenvalue weighted by molar-refractivity contribution is 7.89. The van der Waals surface area contributed by atoms with Crippen molar-refractivity contribution in [1.29, 1.82) is 0 Å². The molecule has 1 atom stereocenters. The molecule has 1 aliphatic rings. The lowest BCUT2D eigenvalue weighted by atomic mass is 10.1. The molecule has 1 amide bonds. The Morgan fingerprint density at radius 2 is 1.78 bits per heavy atom. The van der Waals surface area contributed by atoms with Crippen LogP contribution >= 0.6 is 0 Å². The summed E-state index contributed by atoms with van der Waals surface area (Å²) >= 11 is 0. The molecule has 1 N–H and O–H groups in total. The van der Waals surface area contributed by atoms with Crippen molar-refractivity contribution < 1.29 is 13.2 Å². The third-order valence-corrected chi connectivity index (χ3v) is 5.72. The fourth-order valence-electron chi connectivity index (χ4n) is 2.52. The molecule has 2 rings (SSSR count). The van der Waals surface area contributed by atoms with Crippen molar-refractivity contribution in [3.8, 4) is 0 Å². The van der Waals surface area contributed by atoms with Gasteiger partial charge in [0.15, 0.2) is 0 Å². The number of carbonyl (C=O) groups excluding carboxylic acids is 1. The van der Waals surface area contributed by atoms with Gasteiger partial charge in [0.25, 0.3) is 5.91 Å². The summed E-state index contributed by atoms with van der Waals surface area (Å²) in [5.74, 6) is -0.0265. The third-order valence-electron chi connectivity index (χ3n) is 4.11. The molecule has 1 unspecified atom stereocenters. The van der Waals surface area contributed by atoms with Gasteiger partial charge in [-0.2, -0.15) is 0 Å². The second kappa shape index (κ2) is 7.01. The van der Waals surface area contributed by atoms with E-state index in [2.05, 4.69) is 4.72 Å². The topological polar surface area (TPSA) is 66.5 Å². The van der Waals surface area contributed by atoms with E-state index in [0.717, 1.165) is 19.3 Å². The largest absolute Gasteiger partial charge is 0.333 e. The van der Waals surface area contributed by atoms with Crippen LogP contribution in [0.5, 0.6) is 0 Å². The van der Waals surface area contributed by atoms with Crippen LogP contribution in [-0.4, -0.2) is 37.4 Å². The molecule has 0 saturated heterocycles. The fraction of sp³-hybridized carbons (Fsp3) is 0.588. The van der Waals surface area contributed by atoms with Gasteiger partial charge in [0.2, 0.25) is 10.0 Å². The molecule has 0 spiro atoms. The van der Waals surface area contributed by atoms with E-state index in [0.29, 0.717) is 11.6 Å². The summed E-state index contributed by atoms with van der Waals surface area (Å²) in [4.78, 5) is 14.7. The van der Waals surface area contributed by atoms with E-state index in [9.17, 15) is 13.2 Å². The summed E-state index contributed by atoms with van der Waals surface area (Å²) in [6.07, 6.45) is 2.82. The normalized spacial score (nSPS) is 16.4. The number of hydrogen-bond acceptors (Lipinski definition) is 3. The highest BCUT2D eigenvalue weighted by Gasteiger charge is 2.34. The molecule has 0 bridgehead atoms. The number of amides is 1. The Hall–Kier alpha value is -1.40. The first-order chi connectivity index (χ1) is 10.8. The predicted octanol–water partition coefficient (Wildman–Crippen LogP) is 2.78. The quantitative estimate of drug-likeness (QED) is 0.831. The van der Waals surface area contributed by atoms with E-state index >= 15 is 0 Å². The number of benzene rings is 1. The third kappa shape index (κ3) is 4.32. The second-order valence-electron chi connectivity index (χ2n) is 6.49. The van der Waals surface area contributed by atoms with Crippen molar-refractivity contribution in [2.45, 2.75) is 70.0 Å². The number of carbonyl (C=O) groups is 1. The minimum atomic E-state index is -3.53. The highest BCUT2D eigenvalue weighted by Crippen LogP contribution is 2.30. The zero-order valence-corrected chi connectivity index (χ0v) is 15.1. The Labute approximate surface area is 139 Å². The molecule has 0 heterocycles. The van der Waals surface area contributed by atoms with E-state index < -0.39 is 10.0 Å². The van der Waals surface area contributed by atoms with Crippen LogP contribution in [0.25, 0.3) is 0 Å². The van der Waals surface area contributed by atoms with Crippen LogP contribution in [0, 0.1) is 0 Å². The summed E-state index contributed by atoms with van der Waals surface area (Å²) in [5, 5.41) is 0. The van der Waals surface area contributed by atoms with E-state index in [1.54, 1.807) is 12.1 Å². The fourth-order valence-corrected chi connectivity index (χ4v) is 3.84. The van der Waals surface area contributed by atoms with E-state index in [-0.39, 0.29) is 22.9 Å². The van der Waals surface area contributed by atoms with Crippen molar-refractivity contribution in [3.05, 3.63) is 29.8 Å². The van der Waals surface area contributed by atoms with Crippen molar-refractivity contribution in [1.82, 2.24) is 9.62 Å². The van der Waals surface area contributed by atoms with Gasteiger partial charge in [-0.1, -0.05) is 6.92 Å². The molecule has 0 radical (unpaired) electrons. The molecule has 23 heavy (non-hydrogen) atoms. The van der Waals surface area contributed by atoms with Gasteiger partial charge in [0.05, 0.1) is 4.90 Å². The Morgan fingerprint density at radius 3 is 2.22 bits per heavy atom. The van der Waals surface area contributed by atoms with Gasteiger partial charge in [-0.25, -0.2) is 13.1 Å². The van der Waals surface area contributed by atoms with Crippen molar-refractivity contribution >= 4 is 15.9 Å². The maximum atomic E-state index is 12.6. The molecule has 1 fully saturated rings. The summed E-state index contributed by atoms with van der Waals surface area (Å²) in [5.41, 5.74) is 0.535. The molecular weight excluding hydrogens is 312 g/mol. The van der Waals surface area contributed by atoms with Crippen molar-refractivity contribution in [2.75, 3.05) is 0 Å². The molecule has 1 aliphatic carbocycles. The zero-order valence-electron chi connectivity index (χ0n) is 14.2. The van der Waals surface area contributed by atoms with Gasteiger partial charge < -0.3 is 4.90 Å². The molecule has 1 aromatic rings. The number of nitrogens with one attached hydrogen (secondary N) is 1. The SMILES string of the molecule is CCC(C)NS(=O)(=O)c1ccc(C(=O)N(C(C)C)C2CC2)cc1. The van der Waals surface area contributed by atoms with Crippen LogP contribution in [-0.2, 0) is 10.0 Å². The summed E-state index contributed by atoms with van der Waals surface area (Å²) in [6.45, 7) is 7.76. The predicted molar refractivity (Wildman–Crippen MR) is 90.8 cm³/mol. The summed E-state index contributed by atoms with van der Waals surface area (Å²) in [7, 11) is -3.53. The van der Waals surface area contributed by atoms with Crippen LogP contribution in [0.15, 0.2) is 29.2 Å². The van der Waals surface area contributed by atoms with Crippen molar-refractivity contribution in [2.24, 2.45) is 0 Å². The molecule has 128 valence electrons. The van der Waals surface area contributed by atoms with Crippen molar-refractivity contribution in [3.63, 3.8) is 0 Å². The first kappa shape index (κ1) is 17.9. The molecule has 5 nitrogen and oxygen atoms in total. The van der Waals surface area contributed by atoms with Gasteiger partial charge in [-0.15, -0.1) is 0 Å². The highest BCUT2D eigenvalue weighted by atomic mass is 32.2. The van der Waals surface area contributed by atoms with Gasteiger partial charge >= 0.3 is 0 Å². The molecular formula is C17H26N2O3S. The maximum Gasteiger partial charge on any atom is 0.254 e. The van der Waals surface area contributed by atoms with Gasteiger partial charge in [-0.3, -0.25) is 4.79 Å². The van der Waals surface area contributed by atoms with E-state index in [1.807, 2.05) is 32.6 Å². The zero-order chi connectivity index (χ0) is 17.2. The van der Waals surface area contributed by atoms with Gasteiger partial charge in [-0.05, 0) is 64.3 Å². The first-order valence-corrected chi connectivity index (χ1v) is 9.69. The minimum Gasteiger partial charge on any atom is -0.333 e. The summed E-state index contributed by atoms with van der Waals surface area (Å²) in [6, 6.07) is 6.57. The van der Waals surface area contributed by atoms with Gasteiger partial charge in [0.1, 0.15) is 0 Å². The van der Waals surface area contributed by atoms with E-state index in [1.165, 1.54) is 12.1 Å². The monoisotopic (exact) mass is 338 g/mol. The second-order valence-corrected chi connectivity index (χ2v) is 8.21. The number of nitrogens with zero attached hydrogens (tertiary/aromatic N) is 1. The summed E-state index contributed by atoms with van der Waals surface area (Å²) < 4.78 is 27.1. The van der Waals surface area contributed by atoms with E-state index in [4.69, 9.17) is 0 Å².